The zero-order chi connectivity index (χ0) is 17.5. The fourth-order valence-corrected chi connectivity index (χ4v) is 5.55. The van der Waals surface area contributed by atoms with Crippen molar-refractivity contribution in [3.63, 3.8) is 0 Å². The van der Waals surface area contributed by atoms with Gasteiger partial charge in [0.2, 0.25) is 0 Å². The molecule has 1 saturated heterocycles. The first-order chi connectivity index (χ1) is 12.1. The molecule has 5 heteroatoms. The summed E-state index contributed by atoms with van der Waals surface area (Å²) in [6, 6.07) is 0. The summed E-state index contributed by atoms with van der Waals surface area (Å²) in [4.78, 5) is 0. The van der Waals surface area contributed by atoms with Gasteiger partial charge in [0.15, 0.2) is 5.79 Å². The zero-order valence-corrected chi connectivity index (χ0v) is 15.1. The van der Waals surface area contributed by atoms with Crippen LogP contribution in [0.15, 0.2) is 0 Å². The highest BCUT2D eigenvalue weighted by Crippen LogP contribution is 2.62. The Morgan fingerprint density at radius 1 is 1.12 bits per heavy atom. The number of fused-ring (bicyclic) bond motifs is 2. The Morgan fingerprint density at radius 2 is 1.84 bits per heavy atom. The summed E-state index contributed by atoms with van der Waals surface area (Å²) in [7, 11) is 1.71. The second-order valence-electron chi connectivity index (χ2n) is 8.12. The molecule has 0 bridgehead atoms. The van der Waals surface area contributed by atoms with Crippen LogP contribution in [0.4, 0.5) is 0 Å². The lowest BCUT2D eigenvalue weighted by Gasteiger charge is -2.63. The molecule has 0 amide bonds. The van der Waals surface area contributed by atoms with Crippen LogP contribution in [-0.4, -0.2) is 54.1 Å². The Hall–Kier alpha value is -0.640. The molecule has 2 N–H and O–H groups in total. The van der Waals surface area contributed by atoms with E-state index in [4.69, 9.17) is 14.2 Å². The van der Waals surface area contributed by atoms with Crippen molar-refractivity contribution in [2.24, 2.45) is 17.8 Å². The van der Waals surface area contributed by atoms with E-state index >= 15 is 0 Å². The minimum absolute atomic E-state index is 0.0883. The zero-order valence-electron chi connectivity index (χ0n) is 15.1. The molecule has 0 aromatic rings. The van der Waals surface area contributed by atoms with Gasteiger partial charge in [-0.3, -0.25) is 0 Å². The number of rotatable bonds is 2. The van der Waals surface area contributed by atoms with E-state index in [9.17, 15) is 10.2 Å². The van der Waals surface area contributed by atoms with Crippen LogP contribution in [0.2, 0.25) is 0 Å². The van der Waals surface area contributed by atoms with Crippen LogP contribution in [0.1, 0.15) is 51.4 Å². The van der Waals surface area contributed by atoms with Crippen molar-refractivity contribution < 1.29 is 24.4 Å². The SMILES string of the molecule is CO[C@@]12CC[C@H](O)[C@@H](C#C[C@@H](O)C3CCCCC3)[C@@H]1CC21OCCO1. The van der Waals surface area contributed by atoms with Gasteiger partial charge in [-0.25, -0.2) is 0 Å². The van der Waals surface area contributed by atoms with Crippen LogP contribution in [-0.2, 0) is 14.2 Å². The second kappa shape index (κ2) is 6.83. The number of hydrogen-bond donors (Lipinski definition) is 2. The first kappa shape index (κ1) is 17.8. The number of methoxy groups -OCH3 is 1. The van der Waals surface area contributed by atoms with E-state index in [0.717, 1.165) is 19.3 Å². The van der Waals surface area contributed by atoms with E-state index in [1.165, 1.54) is 19.3 Å². The van der Waals surface area contributed by atoms with Crippen molar-refractivity contribution >= 4 is 0 Å². The van der Waals surface area contributed by atoms with E-state index in [0.29, 0.717) is 26.1 Å². The van der Waals surface area contributed by atoms with Gasteiger partial charge in [0.05, 0.1) is 25.2 Å². The summed E-state index contributed by atoms with van der Waals surface area (Å²) in [5.74, 6) is 5.81. The minimum Gasteiger partial charge on any atom is -0.392 e. The van der Waals surface area contributed by atoms with Crippen molar-refractivity contribution in [3.05, 3.63) is 0 Å². The standard InChI is InChI=1S/C20H30O5/c1-23-19-10-9-18(22)15(16(19)13-20(19)24-11-12-25-20)7-8-17(21)14-5-3-2-4-6-14/h14-18,21-22H,2-6,9-13H2,1H3/t15-,16-,17+,18-,19-/m0/s1. The van der Waals surface area contributed by atoms with Crippen molar-refractivity contribution in [3.8, 4) is 11.8 Å². The Balaban J connectivity index is 1.51. The van der Waals surface area contributed by atoms with E-state index in [1.807, 2.05) is 0 Å². The fraction of sp³-hybridized carbons (Fsp3) is 0.900. The van der Waals surface area contributed by atoms with Gasteiger partial charge in [-0.15, -0.1) is 0 Å². The molecule has 0 aromatic carbocycles. The monoisotopic (exact) mass is 350 g/mol. The lowest BCUT2D eigenvalue weighted by Crippen LogP contribution is -2.74. The van der Waals surface area contributed by atoms with E-state index in [2.05, 4.69) is 11.8 Å². The predicted molar refractivity (Wildman–Crippen MR) is 91.6 cm³/mol. The number of hydrogen-bond acceptors (Lipinski definition) is 5. The van der Waals surface area contributed by atoms with Gasteiger partial charge in [-0.2, -0.15) is 0 Å². The summed E-state index contributed by atoms with van der Waals surface area (Å²) < 4.78 is 17.8. The van der Waals surface area contributed by atoms with Crippen molar-refractivity contribution in [1.29, 1.82) is 0 Å². The van der Waals surface area contributed by atoms with Crippen molar-refractivity contribution in [2.45, 2.75) is 75.0 Å². The Morgan fingerprint density at radius 3 is 2.52 bits per heavy atom. The average Bonchev–Trinajstić information content (AvgIpc) is 3.14. The molecule has 0 aromatic heterocycles. The maximum Gasteiger partial charge on any atom is 0.198 e. The van der Waals surface area contributed by atoms with Crippen LogP contribution in [0, 0.1) is 29.6 Å². The van der Waals surface area contributed by atoms with Crippen molar-refractivity contribution in [1.82, 2.24) is 0 Å². The summed E-state index contributed by atoms with van der Waals surface area (Å²) >= 11 is 0. The van der Waals surface area contributed by atoms with Crippen LogP contribution in [0.3, 0.4) is 0 Å². The molecule has 5 atom stereocenters. The molecular weight excluding hydrogens is 320 g/mol. The van der Waals surface area contributed by atoms with Crippen LogP contribution < -0.4 is 0 Å². The van der Waals surface area contributed by atoms with Gasteiger partial charge in [-0.05, 0) is 31.6 Å². The Labute approximate surface area is 150 Å². The van der Waals surface area contributed by atoms with Crippen LogP contribution in [0.25, 0.3) is 0 Å². The molecule has 0 unspecified atom stereocenters. The van der Waals surface area contributed by atoms with Crippen molar-refractivity contribution in [2.75, 3.05) is 20.3 Å². The number of aliphatic hydroxyl groups is 2. The first-order valence-corrected chi connectivity index (χ1v) is 9.82. The summed E-state index contributed by atoms with van der Waals surface area (Å²) in [6.07, 6.45) is 6.73. The Kier molecular flexibility index (Phi) is 4.85. The molecule has 3 saturated carbocycles. The van der Waals surface area contributed by atoms with Gasteiger partial charge in [0, 0.05) is 19.4 Å². The molecule has 4 aliphatic rings. The van der Waals surface area contributed by atoms with E-state index in [-0.39, 0.29) is 17.8 Å². The molecular formula is C20H30O5. The molecule has 25 heavy (non-hydrogen) atoms. The largest absolute Gasteiger partial charge is 0.392 e. The molecule has 5 nitrogen and oxygen atoms in total. The molecule has 4 rings (SSSR count). The third-order valence-electron chi connectivity index (χ3n) is 7.00. The van der Waals surface area contributed by atoms with Gasteiger partial charge in [0.1, 0.15) is 11.7 Å². The third kappa shape index (κ3) is 2.74. The molecule has 3 aliphatic carbocycles. The lowest BCUT2D eigenvalue weighted by atomic mass is 9.52. The molecule has 1 aliphatic heterocycles. The quantitative estimate of drug-likeness (QED) is 0.744. The smallest absolute Gasteiger partial charge is 0.198 e. The average molecular weight is 350 g/mol. The predicted octanol–water partition coefficient (Wildman–Crippen LogP) is 1.85. The van der Waals surface area contributed by atoms with Gasteiger partial charge in [-0.1, -0.05) is 31.1 Å². The maximum atomic E-state index is 10.5. The maximum absolute atomic E-state index is 10.5. The number of aliphatic hydroxyl groups excluding tert-OH is 2. The van der Waals surface area contributed by atoms with Gasteiger partial charge < -0.3 is 24.4 Å². The van der Waals surface area contributed by atoms with Crippen LogP contribution >= 0.6 is 0 Å². The Bertz CT molecular complexity index is 540. The summed E-state index contributed by atoms with van der Waals surface area (Å²) in [5.41, 5.74) is -0.516. The third-order valence-corrected chi connectivity index (χ3v) is 7.00. The molecule has 1 spiro atoms. The van der Waals surface area contributed by atoms with Gasteiger partial charge in [0.25, 0.3) is 0 Å². The molecule has 4 fully saturated rings. The lowest BCUT2D eigenvalue weighted by molar-refractivity contribution is -0.381. The normalized spacial score (nSPS) is 41.5. The van der Waals surface area contributed by atoms with Crippen LogP contribution in [0.5, 0.6) is 0 Å². The van der Waals surface area contributed by atoms with E-state index in [1.54, 1.807) is 7.11 Å². The highest BCUT2D eigenvalue weighted by atomic mass is 16.8. The summed E-state index contributed by atoms with van der Waals surface area (Å²) in [5, 5.41) is 21.0. The molecule has 0 radical (unpaired) electrons. The summed E-state index contributed by atoms with van der Waals surface area (Å²) in [6.45, 7) is 1.19. The minimum atomic E-state index is -0.658. The molecule has 140 valence electrons. The molecule has 1 heterocycles. The van der Waals surface area contributed by atoms with E-state index < -0.39 is 23.6 Å². The number of ether oxygens (including phenoxy) is 3. The van der Waals surface area contributed by atoms with Gasteiger partial charge >= 0.3 is 0 Å². The first-order valence-electron chi connectivity index (χ1n) is 9.82. The topological polar surface area (TPSA) is 68.2 Å². The second-order valence-corrected chi connectivity index (χ2v) is 8.12. The highest BCUT2D eigenvalue weighted by molar-refractivity contribution is 5.24. The highest BCUT2D eigenvalue weighted by Gasteiger charge is 2.73. The fourth-order valence-electron chi connectivity index (χ4n) is 5.55.